The highest BCUT2D eigenvalue weighted by molar-refractivity contribution is 7.61. The van der Waals surface area contributed by atoms with Gasteiger partial charge in [0.05, 0.1) is 14.2 Å². The second-order valence-electron chi connectivity index (χ2n) is 6.71. The fourth-order valence-electron chi connectivity index (χ4n) is 3.21. The summed E-state index contributed by atoms with van der Waals surface area (Å²) in [5.74, 6) is 1.62. The van der Waals surface area contributed by atoms with Crippen molar-refractivity contribution in [2.24, 2.45) is 0 Å². The van der Waals surface area contributed by atoms with Gasteiger partial charge < -0.3 is 14.0 Å². The van der Waals surface area contributed by atoms with E-state index in [1.165, 1.54) is 0 Å². The molecule has 0 unspecified atom stereocenters. The molecule has 0 aliphatic carbocycles. The van der Waals surface area contributed by atoms with Crippen LogP contribution in [-0.2, 0) is 23.1 Å². The minimum absolute atomic E-state index is 0.567. The second-order valence-corrected chi connectivity index (χ2v) is 9.78. The van der Waals surface area contributed by atoms with Gasteiger partial charge >= 0.3 is 0 Å². The van der Waals surface area contributed by atoms with Crippen LogP contribution < -0.4 is 9.47 Å². The van der Waals surface area contributed by atoms with Gasteiger partial charge in [0.2, 0.25) is 0 Å². The smallest absolute Gasteiger partial charge is 0.118 e. The summed E-state index contributed by atoms with van der Waals surface area (Å²) in [4.78, 5) is 0. The van der Waals surface area contributed by atoms with Crippen molar-refractivity contribution in [1.82, 2.24) is 0 Å². The minimum atomic E-state index is -2.51. The number of ether oxygens (including phenoxy) is 2. The van der Waals surface area contributed by atoms with Gasteiger partial charge in [0, 0.05) is 18.5 Å². The van der Waals surface area contributed by atoms with Crippen LogP contribution in [0.3, 0.4) is 0 Å². The van der Waals surface area contributed by atoms with Crippen molar-refractivity contribution in [3.63, 3.8) is 0 Å². The normalized spacial score (nSPS) is 11.2. The molecule has 3 rings (SSSR count). The molecule has 0 heterocycles. The zero-order valence-electron chi connectivity index (χ0n) is 15.8. The highest BCUT2D eigenvalue weighted by Gasteiger charge is 2.24. The molecular formula is C23H25O3P. The van der Waals surface area contributed by atoms with Crippen molar-refractivity contribution in [3.05, 3.63) is 95.6 Å². The maximum absolute atomic E-state index is 14.0. The van der Waals surface area contributed by atoms with E-state index in [9.17, 15) is 4.57 Å². The van der Waals surface area contributed by atoms with Gasteiger partial charge in [-0.15, -0.1) is 0 Å². The molecule has 0 saturated heterocycles. The van der Waals surface area contributed by atoms with Gasteiger partial charge in [-0.05, 0) is 41.0 Å². The monoisotopic (exact) mass is 380 g/mol. The van der Waals surface area contributed by atoms with E-state index in [1.54, 1.807) is 14.2 Å². The minimum Gasteiger partial charge on any atom is -0.497 e. The van der Waals surface area contributed by atoms with Crippen LogP contribution in [-0.4, -0.2) is 14.2 Å². The molecule has 4 heteroatoms. The van der Waals surface area contributed by atoms with Gasteiger partial charge in [0.1, 0.15) is 18.6 Å². The first-order chi connectivity index (χ1) is 13.1. The Labute approximate surface area is 161 Å². The van der Waals surface area contributed by atoms with Crippen molar-refractivity contribution in [2.45, 2.75) is 18.5 Å². The highest BCUT2D eigenvalue weighted by Crippen LogP contribution is 2.55. The van der Waals surface area contributed by atoms with Gasteiger partial charge in [-0.1, -0.05) is 54.6 Å². The molecule has 0 spiro atoms. The van der Waals surface area contributed by atoms with Crippen LogP contribution in [0.15, 0.2) is 78.9 Å². The van der Waals surface area contributed by atoms with Gasteiger partial charge in [-0.3, -0.25) is 0 Å². The molecule has 0 fully saturated rings. The average molecular weight is 380 g/mol. The van der Waals surface area contributed by atoms with Crippen molar-refractivity contribution in [3.8, 4) is 11.5 Å². The molecule has 0 aromatic heterocycles. The molecule has 0 atom stereocenters. The molecule has 0 saturated carbocycles. The van der Waals surface area contributed by atoms with Crippen LogP contribution in [0.25, 0.3) is 0 Å². The lowest BCUT2D eigenvalue weighted by Gasteiger charge is -2.19. The van der Waals surface area contributed by atoms with E-state index < -0.39 is 7.14 Å². The van der Waals surface area contributed by atoms with Crippen LogP contribution in [0, 0.1) is 0 Å². The van der Waals surface area contributed by atoms with Crippen LogP contribution in [0.5, 0.6) is 11.5 Å². The quantitative estimate of drug-likeness (QED) is 0.452. The molecule has 0 bridgehead atoms. The molecule has 0 amide bonds. The number of hydrogen-bond donors (Lipinski definition) is 0. The van der Waals surface area contributed by atoms with Crippen molar-refractivity contribution >= 4 is 7.14 Å². The van der Waals surface area contributed by atoms with Crippen LogP contribution >= 0.6 is 7.14 Å². The van der Waals surface area contributed by atoms with Crippen molar-refractivity contribution in [2.75, 3.05) is 14.2 Å². The summed E-state index contributed by atoms with van der Waals surface area (Å²) in [6.07, 6.45) is 1.72. The maximum Gasteiger partial charge on any atom is 0.118 e. The average Bonchev–Trinajstić information content (AvgIpc) is 2.69. The Morgan fingerprint density at radius 2 is 0.963 bits per heavy atom. The first-order valence-corrected chi connectivity index (χ1v) is 11.2. The van der Waals surface area contributed by atoms with E-state index in [4.69, 9.17) is 9.47 Å². The number of methoxy groups -OCH3 is 2. The van der Waals surface area contributed by atoms with E-state index in [1.807, 2.05) is 66.7 Å². The molecular weight excluding hydrogens is 355 g/mol. The molecule has 0 N–H and O–H groups in total. The summed E-state index contributed by atoms with van der Waals surface area (Å²) in [5.41, 5.74) is 3.26. The third kappa shape index (κ3) is 5.48. The van der Waals surface area contributed by atoms with Gasteiger partial charge in [-0.25, -0.2) is 0 Å². The first kappa shape index (κ1) is 19.3. The van der Waals surface area contributed by atoms with E-state index >= 15 is 0 Å². The third-order valence-corrected chi connectivity index (χ3v) is 7.40. The zero-order chi connectivity index (χ0) is 19.1. The standard InChI is InChI=1S/C23H25O3P/c1-25-22-12-8-20(9-13-22)17-27(24,16-19-6-4-3-5-7-19)18-21-10-14-23(26-2)15-11-21/h3-15H,16-18H2,1-2H3. The molecule has 3 nitrogen and oxygen atoms in total. The molecule has 140 valence electrons. The number of rotatable bonds is 8. The predicted molar refractivity (Wildman–Crippen MR) is 111 cm³/mol. The summed E-state index contributed by atoms with van der Waals surface area (Å²) >= 11 is 0. The van der Waals surface area contributed by atoms with Crippen molar-refractivity contribution < 1.29 is 14.0 Å². The Morgan fingerprint density at radius 1 is 0.593 bits per heavy atom. The van der Waals surface area contributed by atoms with Crippen molar-refractivity contribution in [1.29, 1.82) is 0 Å². The Bertz CT molecular complexity index is 834. The lowest BCUT2D eigenvalue weighted by Crippen LogP contribution is -1.98. The van der Waals surface area contributed by atoms with E-state index in [2.05, 4.69) is 12.1 Å². The molecule has 0 radical (unpaired) electrons. The van der Waals surface area contributed by atoms with Crippen LogP contribution in [0.2, 0.25) is 0 Å². The first-order valence-electron chi connectivity index (χ1n) is 8.97. The Morgan fingerprint density at radius 3 is 1.33 bits per heavy atom. The van der Waals surface area contributed by atoms with E-state index in [-0.39, 0.29) is 0 Å². The Kier molecular flexibility index (Phi) is 6.36. The molecule has 27 heavy (non-hydrogen) atoms. The van der Waals surface area contributed by atoms with E-state index in [0.717, 1.165) is 28.2 Å². The highest BCUT2D eigenvalue weighted by atomic mass is 31.2. The van der Waals surface area contributed by atoms with E-state index in [0.29, 0.717) is 18.5 Å². The summed E-state index contributed by atoms with van der Waals surface area (Å²) in [5, 5.41) is 0. The summed E-state index contributed by atoms with van der Waals surface area (Å²) in [7, 11) is 0.790. The fraction of sp³-hybridized carbons (Fsp3) is 0.217. The number of benzene rings is 3. The van der Waals surface area contributed by atoms with Gasteiger partial charge in [0.15, 0.2) is 0 Å². The zero-order valence-corrected chi connectivity index (χ0v) is 16.7. The third-order valence-electron chi connectivity index (χ3n) is 4.57. The SMILES string of the molecule is COc1ccc(CP(=O)(Cc2ccccc2)Cc2ccc(OC)cc2)cc1. The van der Waals surface area contributed by atoms with Crippen LogP contribution in [0.4, 0.5) is 0 Å². The topological polar surface area (TPSA) is 35.5 Å². The number of hydrogen-bond acceptors (Lipinski definition) is 3. The maximum atomic E-state index is 14.0. The summed E-state index contributed by atoms with van der Waals surface area (Å²) < 4.78 is 24.4. The lowest BCUT2D eigenvalue weighted by molar-refractivity contribution is 0.414. The Hall–Kier alpha value is -2.51. The lowest BCUT2D eigenvalue weighted by atomic mass is 10.2. The predicted octanol–water partition coefficient (Wildman–Crippen LogP) is 5.97. The summed E-state index contributed by atoms with van der Waals surface area (Å²) in [6, 6.07) is 25.8. The molecule has 0 aliphatic rings. The van der Waals surface area contributed by atoms with Gasteiger partial charge in [0.25, 0.3) is 0 Å². The second kappa shape index (κ2) is 8.92. The Balaban J connectivity index is 1.85. The van der Waals surface area contributed by atoms with Crippen LogP contribution in [0.1, 0.15) is 16.7 Å². The molecule has 0 aliphatic heterocycles. The van der Waals surface area contributed by atoms with Gasteiger partial charge in [-0.2, -0.15) is 0 Å². The summed E-state index contributed by atoms with van der Waals surface area (Å²) in [6.45, 7) is 0. The molecule has 3 aromatic rings. The molecule has 3 aromatic carbocycles. The largest absolute Gasteiger partial charge is 0.497 e. The fourth-order valence-corrected chi connectivity index (χ4v) is 6.18.